The van der Waals surface area contributed by atoms with Crippen molar-refractivity contribution in [2.75, 3.05) is 0 Å². The molecule has 0 aliphatic heterocycles. The quantitative estimate of drug-likeness (QED) is 0.788. The number of thiazole rings is 1. The molecule has 2 aromatic rings. The molecule has 0 fully saturated rings. The normalized spacial score (nSPS) is 10.3. The van der Waals surface area contributed by atoms with Gasteiger partial charge < -0.3 is 0 Å². The highest BCUT2D eigenvalue weighted by Crippen LogP contribution is 2.11. The number of ketones is 1. The Balaban J connectivity index is 2.21. The van der Waals surface area contributed by atoms with Gasteiger partial charge in [-0.3, -0.25) is 14.2 Å². The predicted octanol–water partition coefficient (Wildman–Crippen LogP) is 2.45. The third-order valence-corrected chi connectivity index (χ3v) is 3.03. The minimum Gasteiger partial charge on any atom is -0.298 e. The third kappa shape index (κ3) is 2.40. The summed E-state index contributed by atoms with van der Waals surface area (Å²) in [6, 6.07) is 6.70. The first-order valence-electron chi connectivity index (χ1n) is 4.59. The predicted molar refractivity (Wildman–Crippen MR) is 64.4 cm³/mol. The van der Waals surface area contributed by atoms with Crippen LogP contribution in [-0.2, 0) is 6.54 Å². The molecule has 3 nitrogen and oxygen atoms in total. The van der Waals surface area contributed by atoms with E-state index in [1.165, 1.54) is 4.57 Å². The van der Waals surface area contributed by atoms with Crippen molar-refractivity contribution in [1.29, 1.82) is 0 Å². The number of benzene rings is 1. The Morgan fingerprint density at radius 1 is 1.44 bits per heavy atom. The van der Waals surface area contributed by atoms with Crippen LogP contribution in [0.15, 0.2) is 40.6 Å². The Labute approximate surface area is 101 Å². The third-order valence-electron chi connectivity index (χ3n) is 2.10. The van der Waals surface area contributed by atoms with E-state index in [0.717, 1.165) is 11.3 Å². The number of carbonyl (C=O) groups is 1. The standard InChI is InChI=1S/C11H8ClNO2S/c12-9-3-1-2-8(6-9)10(14)7-13-4-5-16-11(13)15/h1-6H,7H2. The van der Waals surface area contributed by atoms with Crippen LogP contribution in [0.3, 0.4) is 0 Å². The zero-order valence-electron chi connectivity index (χ0n) is 8.22. The van der Waals surface area contributed by atoms with Gasteiger partial charge in [-0.05, 0) is 12.1 Å². The van der Waals surface area contributed by atoms with Crippen molar-refractivity contribution in [3.63, 3.8) is 0 Å². The van der Waals surface area contributed by atoms with Crippen molar-refractivity contribution >= 4 is 28.7 Å². The molecule has 0 spiro atoms. The highest BCUT2D eigenvalue weighted by molar-refractivity contribution is 7.07. The highest BCUT2D eigenvalue weighted by Gasteiger charge is 2.08. The van der Waals surface area contributed by atoms with Crippen LogP contribution in [0.4, 0.5) is 0 Å². The van der Waals surface area contributed by atoms with Gasteiger partial charge in [-0.1, -0.05) is 35.1 Å². The second-order valence-corrected chi connectivity index (χ2v) is 4.52. The average molecular weight is 254 g/mol. The summed E-state index contributed by atoms with van der Waals surface area (Å²) in [6.45, 7) is 0.0582. The van der Waals surface area contributed by atoms with Crippen molar-refractivity contribution < 1.29 is 4.79 Å². The topological polar surface area (TPSA) is 39.1 Å². The number of carbonyl (C=O) groups excluding carboxylic acids is 1. The van der Waals surface area contributed by atoms with Crippen molar-refractivity contribution in [2.24, 2.45) is 0 Å². The molecule has 0 atom stereocenters. The summed E-state index contributed by atoms with van der Waals surface area (Å²) < 4.78 is 1.38. The van der Waals surface area contributed by atoms with Crippen LogP contribution in [0.1, 0.15) is 10.4 Å². The smallest absolute Gasteiger partial charge is 0.298 e. The molecule has 0 aliphatic carbocycles. The van der Waals surface area contributed by atoms with E-state index in [-0.39, 0.29) is 17.2 Å². The fraction of sp³-hybridized carbons (Fsp3) is 0.0909. The summed E-state index contributed by atoms with van der Waals surface area (Å²) in [6.07, 6.45) is 1.61. The van der Waals surface area contributed by atoms with Gasteiger partial charge in [0.2, 0.25) is 0 Å². The molecule has 0 saturated heterocycles. The number of rotatable bonds is 3. The minimum atomic E-state index is -0.129. The lowest BCUT2D eigenvalue weighted by Gasteiger charge is -2.01. The van der Waals surface area contributed by atoms with E-state index >= 15 is 0 Å². The van der Waals surface area contributed by atoms with Crippen molar-refractivity contribution in [3.8, 4) is 0 Å². The van der Waals surface area contributed by atoms with Gasteiger partial charge in [0.25, 0.3) is 0 Å². The van der Waals surface area contributed by atoms with E-state index < -0.39 is 0 Å². The molecule has 0 bridgehead atoms. The molecule has 2 rings (SSSR count). The van der Waals surface area contributed by atoms with Gasteiger partial charge in [-0.25, -0.2) is 0 Å². The molecule has 1 aromatic carbocycles. The summed E-state index contributed by atoms with van der Waals surface area (Å²) in [5, 5.41) is 2.18. The van der Waals surface area contributed by atoms with Crippen LogP contribution in [0, 0.1) is 0 Å². The molecule has 0 saturated carbocycles. The number of hydrogen-bond donors (Lipinski definition) is 0. The largest absolute Gasteiger partial charge is 0.307 e. The lowest BCUT2D eigenvalue weighted by atomic mass is 10.1. The highest BCUT2D eigenvalue weighted by atomic mass is 35.5. The Morgan fingerprint density at radius 2 is 2.25 bits per heavy atom. The van der Waals surface area contributed by atoms with Gasteiger partial charge in [-0.15, -0.1) is 0 Å². The summed E-state index contributed by atoms with van der Waals surface area (Å²) in [5.41, 5.74) is 0.519. The molecule has 0 radical (unpaired) electrons. The molecule has 0 unspecified atom stereocenters. The van der Waals surface area contributed by atoms with Crippen molar-refractivity contribution in [2.45, 2.75) is 6.54 Å². The van der Waals surface area contributed by atoms with E-state index in [1.54, 1.807) is 35.8 Å². The number of Topliss-reactive ketones (excluding diaryl/α,β-unsaturated/α-hetero) is 1. The van der Waals surface area contributed by atoms with E-state index in [0.29, 0.717) is 10.6 Å². The summed E-state index contributed by atoms with van der Waals surface area (Å²) in [5.74, 6) is -0.122. The first-order valence-corrected chi connectivity index (χ1v) is 5.85. The lowest BCUT2D eigenvalue weighted by Crippen LogP contribution is -2.18. The number of hydrogen-bond acceptors (Lipinski definition) is 3. The Morgan fingerprint density at radius 3 is 2.88 bits per heavy atom. The average Bonchev–Trinajstić information content (AvgIpc) is 2.64. The molecular formula is C11H8ClNO2S. The second-order valence-electron chi connectivity index (χ2n) is 3.23. The maximum absolute atomic E-state index is 11.8. The summed E-state index contributed by atoms with van der Waals surface area (Å²) >= 11 is 6.86. The molecule has 5 heteroatoms. The molecule has 0 aliphatic rings. The maximum Gasteiger partial charge on any atom is 0.307 e. The summed E-state index contributed by atoms with van der Waals surface area (Å²) in [4.78, 5) is 22.9. The lowest BCUT2D eigenvalue weighted by molar-refractivity contribution is 0.0971. The zero-order valence-corrected chi connectivity index (χ0v) is 9.79. The van der Waals surface area contributed by atoms with Crippen LogP contribution >= 0.6 is 22.9 Å². The van der Waals surface area contributed by atoms with Crippen molar-refractivity contribution in [1.82, 2.24) is 4.57 Å². The molecule has 1 heterocycles. The Bertz CT molecular complexity index is 573. The van der Waals surface area contributed by atoms with Gasteiger partial charge in [0, 0.05) is 22.2 Å². The van der Waals surface area contributed by atoms with Crippen LogP contribution < -0.4 is 4.87 Å². The van der Waals surface area contributed by atoms with E-state index in [1.807, 2.05) is 0 Å². The SMILES string of the molecule is O=C(Cn1ccsc1=O)c1cccc(Cl)c1. The van der Waals surface area contributed by atoms with Gasteiger partial charge in [0.1, 0.15) is 0 Å². The van der Waals surface area contributed by atoms with Gasteiger partial charge in [-0.2, -0.15) is 0 Å². The molecule has 1 aromatic heterocycles. The number of aromatic nitrogens is 1. The Kier molecular flexibility index (Phi) is 3.22. The van der Waals surface area contributed by atoms with E-state index in [4.69, 9.17) is 11.6 Å². The van der Waals surface area contributed by atoms with Crippen LogP contribution in [0.5, 0.6) is 0 Å². The second kappa shape index (κ2) is 4.63. The fourth-order valence-electron chi connectivity index (χ4n) is 1.32. The maximum atomic E-state index is 11.8. The fourth-order valence-corrected chi connectivity index (χ4v) is 2.09. The molecule has 0 amide bonds. The van der Waals surface area contributed by atoms with E-state index in [2.05, 4.69) is 0 Å². The Hall–Kier alpha value is -1.39. The zero-order chi connectivity index (χ0) is 11.5. The molecule has 82 valence electrons. The first kappa shape index (κ1) is 11.1. The monoisotopic (exact) mass is 253 g/mol. The minimum absolute atomic E-state index is 0.0582. The first-order chi connectivity index (χ1) is 7.66. The van der Waals surface area contributed by atoms with Crippen LogP contribution in [0.25, 0.3) is 0 Å². The van der Waals surface area contributed by atoms with Crippen LogP contribution in [0.2, 0.25) is 5.02 Å². The van der Waals surface area contributed by atoms with Gasteiger partial charge in [0.05, 0.1) is 6.54 Å². The molecule has 16 heavy (non-hydrogen) atoms. The molecule has 0 N–H and O–H groups in total. The molecular weight excluding hydrogens is 246 g/mol. The summed E-state index contributed by atoms with van der Waals surface area (Å²) in [7, 11) is 0. The number of nitrogens with zero attached hydrogens (tertiary/aromatic N) is 1. The van der Waals surface area contributed by atoms with Crippen molar-refractivity contribution in [3.05, 3.63) is 56.1 Å². The van der Waals surface area contributed by atoms with Gasteiger partial charge >= 0.3 is 4.87 Å². The van der Waals surface area contributed by atoms with E-state index in [9.17, 15) is 9.59 Å². The van der Waals surface area contributed by atoms with Gasteiger partial charge in [0.15, 0.2) is 5.78 Å². The van der Waals surface area contributed by atoms with Crippen LogP contribution in [-0.4, -0.2) is 10.4 Å². The number of halogens is 1.